The Hall–Kier alpha value is -1.88. The Bertz CT molecular complexity index is 651. The van der Waals surface area contributed by atoms with E-state index in [-0.39, 0.29) is 5.91 Å². The Balaban J connectivity index is 1.74. The second kappa shape index (κ2) is 6.92. The molecule has 0 radical (unpaired) electrons. The molecule has 3 rings (SSSR count). The van der Waals surface area contributed by atoms with Crippen molar-refractivity contribution < 1.29 is 4.79 Å². The molecule has 1 aliphatic rings. The minimum atomic E-state index is 0.0981. The number of piperidine rings is 1. The quantitative estimate of drug-likeness (QED) is 0.892. The number of anilines is 2. The first-order valence-electron chi connectivity index (χ1n) is 7.50. The molecule has 0 aliphatic carbocycles. The number of amides is 1. The van der Waals surface area contributed by atoms with Crippen LogP contribution in [0.1, 0.15) is 29.6 Å². The predicted octanol–water partition coefficient (Wildman–Crippen LogP) is 4.21. The Morgan fingerprint density at radius 1 is 1.09 bits per heavy atom. The molecule has 0 atom stereocenters. The van der Waals surface area contributed by atoms with Gasteiger partial charge in [-0.2, -0.15) is 0 Å². The summed E-state index contributed by atoms with van der Waals surface area (Å²) in [4.78, 5) is 18.7. The molecular weight excluding hydrogens is 342 g/mol. The van der Waals surface area contributed by atoms with Crippen molar-refractivity contribution in [1.29, 1.82) is 0 Å². The number of carbonyl (C=O) groups excluding carboxylic acids is 1. The van der Waals surface area contributed by atoms with Gasteiger partial charge in [-0.3, -0.25) is 4.79 Å². The maximum absolute atomic E-state index is 12.5. The van der Waals surface area contributed by atoms with Crippen LogP contribution >= 0.6 is 15.9 Å². The fraction of sp³-hybridized carbons (Fsp3) is 0.294. The monoisotopic (exact) mass is 359 g/mol. The van der Waals surface area contributed by atoms with Crippen molar-refractivity contribution in [2.45, 2.75) is 19.3 Å². The Labute approximate surface area is 138 Å². The van der Waals surface area contributed by atoms with Crippen molar-refractivity contribution in [3.63, 3.8) is 0 Å². The molecule has 22 heavy (non-hydrogen) atoms. The van der Waals surface area contributed by atoms with Crippen LogP contribution in [0.3, 0.4) is 0 Å². The van der Waals surface area contributed by atoms with Crippen molar-refractivity contribution >= 4 is 33.3 Å². The lowest BCUT2D eigenvalue weighted by Gasteiger charge is -2.26. The van der Waals surface area contributed by atoms with E-state index in [2.05, 4.69) is 26.2 Å². The molecule has 1 aliphatic heterocycles. The standard InChI is InChI=1S/C17H18BrN3O/c18-14-4-6-15(7-5-14)20-16-12-13(8-9-19-16)17(22)21-10-2-1-3-11-21/h4-9,12H,1-3,10-11H2,(H,19,20). The van der Waals surface area contributed by atoms with Gasteiger partial charge < -0.3 is 10.2 Å². The maximum Gasteiger partial charge on any atom is 0.254 e. The molecule has 1 saturated heterocycles. The number of nitrogens with zero attached hydrogens (tertiary/aromatic N) is 2. The smallest absolute Gasteiger partial charge is 0.254 e. The summed E-state index contributed by atoms with van der Waals surface area (Å²) in [6.07, 6.45) is 5.09. The molecule has 1 fully saturated rings. The number of hydrogen-bond donors (Lipinski definition) is 1. The van der Waals surface area contributed by atoms with E-state index in [1.54, 1.807) is 12.3 Å². The van der Waals surface area contributed by atoms with Gasteiger partial charge in [0.2, 0.25) is 0 Å². The van der Waals surface area contributed by atoms with E-state index >= 15 is 0 Å². The van der Waals surface area contributed by atoms with Crippen LogP contribution in [0.5, 0.6) is 0 Å². The topological polar surface area (TPSA) is 45.2 Å². The second-order valence-corrected chi connectivity index (χ2v) is 6.33. The molecule has 0 spiro atoms. The number of nitrogens with one attached hydrogen (secondary N) is 1. The van der Waals surface area contributed by atoms with Crippen LogP contribution in [0, 0.1) is 0 Å². The summed E-state index contributed by atoms with van der Waals surface area (Å²) < 4.78 is 1.03. The van der Waals surface area contributed by atoms with E-state index < -0.39 is 0 Å². The Kier molecular flexibility index (Phi) is 4.73. The van der Waals surface area contributed by atoms with Crippen LogP contribution in [0.15, 0.2) is 47.1 Å². The van der Waals surface area contributed by atoms with Gasteiger partial charge in [0.15, 0.2) is 0 Å². The third-order valence-electron chi connectivity index (χ3n) is 3.77. The van der Waals surface area contributed by atoms with E-state index in [1.165, 1.54) is 6.42 Å². The average Bonchev–Trinajstić information content (AvgIpc) is 2.57. The van der Waals surface area contributed by atoms with Gasteiger partial charge in [0.05, 0.1) is 0 Å². The molecule has 2 heterocycles. The van der Waals surface area contributed by atoms with Gasteiger partial charge in [-0.25, -0.2) is 4.98 Å². The molecule has 5 heteroatoms. The summed E-state index contributed by atoms with van der Waals surface area (Å²) in [5.41, 5.74) is 1.63. The van der Waals surface area contributed by atoms with E-state index in [9.17, 15) is 4.79 Å². The lowest BCUT2D eigenvalue weighted by Crippen LogP contribution is -2.35. The summed E-state index contributed by atoms with van der Waals surface area (Å²) in [6, 6.07) is 11.5. The molecule has 0 saturated carbocycles. The summed E-state index contributed by atoms with van der Waals surface area (Å²) in [5.74, 6) is 0.783. The number of rotatable bonds is 3. The first-order chi connectivity index (χ1) is 10.7. The van der Waals surface area contributed by atoms with E-state index in [1.807, 2.05) is 35.2 Å². The molecule has 0 bridgehead atoms. The zero-order valence-electron chi connectivity index (χ0n) is 12.3. The van der Waals surface area contributed by atoms with Crippen LogP contribution in [0.4, 0.5) is 11.5 Å². The number of aromatic nitrogens is 1. The van der Waals surface area contributed by atoms with Gasteiger partial charge in [-0.1, -0.05) is 15.9 Å². The number of halogens is 1. The summed E-state index contributed by atoms with van der Waals surface area (Å²) >= 11 is 3.41. The number of benzene rings is 1. The Morgan fingerprint density at radius 3 is 2.55 bits per heavy atom. The Morgan fingerprint density at radius 2 is 1.82 bits per heavy atom. The summed E-state index contributed by atoms with van der Waals surface area (Å²) in [7, 11) is 0. The molecule has 114 valence electrons. The molecule has 2 aromatic rings. The van der Waals surface area contributed by atoms with Crippen LogP contribution in [0.2, 0.25) is 0 Å². The van der Waals surface area contributed by atoms with Crippen molar-refractivity contribution in [2.75, 3.05) is 18.4 Å². The fourth-order valence-electron chi connectivity index (χ4n) is 2.59. The third-order valence-corrected chi connectivity index (χ3v) is 4.30. The zero-order valence-corrected chi connectivity index (χ0v) is 13.8. The highest BCUT2D eigenvalue weighted by Crippen LogP contribution is 2.20. The van der Waals surface area contributed by atoms with Gasteiger partial charge in [-0.05, 0) is 55.7 Å². The van der Waals surface area contributed by atoms with Gasteiger partial charge in [0.25, 0.3) is 5.91 Å². The SMILES string of the molecule is O=C(c1ccnc(Nc2ccc(Br)cc2)c1)N1CCCCC1. The highest BCUT2D eigenvalue weighted by Gasteiger charge is 2.18. The minimum absolute atomic E-state index is 0.0981. The van der Waals surface area contributed by atoms with Crippen molar-refractivity contribution in [2.24, 2.45) is 0 Å². The molecule has 1 aromatic carbocycles. The van der Waals surface area contributed by atoms with Gasteiger partial charge in [0.1, 0.15) is 5.82 Å². The number of likely N-dealkylation sites (tertiary alicyclic amines) is 1. The van der Waals surface area contributed by atoms with E-state index in [0.717, 1.165) is 36.1 Å². The van der Waals surface area contributed by atoms with Gasteiger partial charge >= 0.3 is 0 Å². The molecule has 0 unspecified atom stereocenters. The fourth-order valence-corrected chi connectivity index (χ4v) is 2.86. The maximum atomic E-state index is 12.5. The van der Waals surface area contributed by atoms with Gasteiger partial charge in [-0.15, -0.1) is 0 Å². The van der Waals surface area contributed by atoms with Crippen LogP contribution in [-0.2, 0) is 0 Å². The van der Waals surface area contributed by atoms with Crippen molar-refractivity contribution in [3.8, 4) is 0 Å². The van der Waals surface area contributed by atoms with E-state index in [4.69, 9.17) is 0 Å². The van der Waals surface area contributed by atoms with Crippen molar-refractivity contribution in [1.82, 2.24) is 9.88 Å². The molecule has 1 amide bonds. The molecule has 1 aromatic heterocycles. The third kappa shape index (κ3) is 3.65. The first-order valence-corrected chi connectivity index (χ1v) is 8.29. The summed E-state index contributed by atoms with van der Waals surface area (Å²) in [6.45, 7) is 1.72. The highest BCUT2D eigenvalue weighted by molar-refractivity contribution is 9.10. The first kappa shape index (κ1) is 15.0. The molecule has 4 nitrogen and oxygen atoms in total. The van der Waals surface area contributed by atoms with Crippen molar-refractivity contribution in [3.05, 3.63) is 52.6 Å². The largest absolute Gasteiger partial charge is 0.340 e. The number of hydrogen-bond acceptors (Lipinski definition) is 3. The zero-order chi connectivity index (χ0) is 15.4. The van der Waals surface area contributed by atoms with Crippen LogP contribution in [-0.4, -0.2) is 28.9 Å². The average molecular weight is 360 g/mol. The van der Waals surface area contributed by atoms with E-state index in [0.29, 0.717) is 11.4 Å². The highest BCUT2D eigenvalue weighted by atomic mass is 79.9. The lowest BCUT2D eigenvalue weighted by atomic mass is 10.1. The second-order valence-electron chi connectivity index (χ2n) is 5.41. The van der Waals surface area contributed by atoms with Crippen LogP contribution < -0.4 is 5.32 Å². The number of pyridine rings is 1. The lowest BCUT2D eigenvalue weighted by molar-refractivity contribution is 0.0724. The normalized spacial score (nSPS) is 14.7. The minimum Gasteiger partial charge on any atom is -0.340 e. The van der Waals surface area contributed by atoms with Crippen LogP contribution in [0.25, 0.3) is 0 Å². The molecular formula is C17H18BrN3O. The molecule has 1 N–H and O–H groups in total. The summed E-state index contributed by atoms with van der Waals surface area (Å²) in [5, 5.41) is 3.23. The van der Waals surface area contributed by atoms with Gasteiger partial charge in [0, 0.05) is 35.0 Å². The predicted molar refractivity (Wildman–Crippen MR) is 91.4 cm³/mol. The number of carbonyl (C=O) groups is 1.